The summed E-state index contributed by atoms with van der Waals surface area (Å²) in [6.07, 6.45) is -4.47. The quantitative estimate of drug-likeness (QED) is 0.808. The molecule has 3 nitrogen and oxygen atoms in total. The molecule has 0 amide bonds. The van der Waals surface area contributed by atoms with Crippen molar-refractivity contribution in [2.45, 2.75) is 12.1 Å². The van der Waals surface area contributed by atoms with Gasteiger partial charge in [0, 0.05) is 6.20 Å². The minimum atomic E-state index is -5.13. The van der Waals surface area contributed by atoms with Crippen molar-refractivity contribution in [2.75, 3.05) is 0 Å². The summed E-state index contributed by atoms with van der Waals surface area (Å²) in [7, 11) is 0. The van der Waals surface area contributed by atoms with E-state index in [0.29, 0.717) is 12.3 Å². The van der Waals surface area contributed by atoms with Crippen molar-refractivity contribution in [1.29, 1.82) is 0 Å². The highest BCUT2D eigenvalue weighted by molar-refractivity contribution is 5.77. The Kier molecular flexibility index (Phi) is 2.85. The molecule has 0 saturated carbocycles. The fourth-order valence-electron chi connectivity index (χ4n) is 1.000. The smallest absolute Gasteiger partial charge is 0.433 e. The molecule has 1 rings (SSSR count). The van der Waals surface area contributed by atoms with Gasteiger partial charge in [-0.2, -0.15) is 22.0 Å². The maximum absolute atomic E-state index is 12.9. The number of nitrogens with zero attached hydrogens (tertiary/aromatic N) is 1. The summed E-state index contributed by atoms with van der Waals surface area (Å²) in [6, 6.07) is 1.19. The highest BCUT2D eigenvalue weighted by Gasteiger charge is 2.48. The molecule has 16 heavy (non-hydrogen) atoms. The number of hydrogen-bond acceptors (Lipinski definition) is 2. The highest BCUT2D eigenvalue weighted by Crippen LogP contribution is 2.37. The third kappa shape index (κ3) is 2.10. The predicted octanol–water partition coefficient (Wildman–Crippen LogP) is 2.28. The summed E-state index contributed by atoms with van der Waals surface area (Å²) in [5.41, 5.74) is -3.57. The number of carboxylic acid groups (broad SMARTS) is 1. The van der Waals surface area contributed by atoms with E-state index in [4.69, 9.17) is 5.11 Å². The first kappa shape index (κ1) is 12.3. The minimum Gasteiger partial charge on any atom is -0.477 e. The molecule has 0 aliphatic rings. The summed E-state index contributed by atoms with van der Waals surface area (Å²) < 4.78 is 62.6. The monoisotopic (exact) mass is 241 g/mol. The topological polar surface area (TPSA) is 50.2 Å². The van der Waals surface area contributed by atoms with Crippen LogP contribution in [-0.4, -0.2) is 16.1 Å². The maximum atomic E-state index is 12.9. The van der Waals surface area contributed by atoms with E-state index in [1.54, 1.807) is 0 Å². The zero-order valence-electron chi connectivity index (χ0n) is 7.42. The van der Waals surface area contributed by atoms with Gasteiger partial charge in [-0.15, -0.1) is 0 Å². The Balaban J connectivity index is 3.41. The molecule has 0 atom stereocenters. The lowest BCUT2D eigenvalue weighted by Gasteiger charge is -2.16. The molecular formula is C8H4F5NO2. The van der Waals surface area contributed by atoms with Crippen LogP contribution in [0.3, 0.4) is 0 Å². The summed E-state index contributed by atoms with van der Waals surface area (Å²) in [5.74, 6) is -7.29. The summed E-state index contributed by atoms with van der Waals surface area (Å²) in [6.45, 7) is 0. The summed E-state index contributed by atoms with van der Waals surface area (Å²) in [4.78, 5) is 12.9. The molecule has 1 aromatic heterocycles. The van der Waals surface area contributed by atoms with Gasteiger partial charge in [0.1, 0.15) is 0 Å². The first-order valence-corrected chi connectivity index (χ1v) is 3.81. The van der Waals surface area contributed by atoms with Gasteiger partial charge >= 0.3 is 18.1 Å². The van der Waals surface area contributed by atoms with Crippen LogP contribution in [0.25, 0.3) is 0 Å². The third-order valence-electron chi connectivity index (χ3n) is 1.68. The molecule has 0 radical (unpaired) electrons. The Morgan fingerprint density at radius 3 is 2.25 bits per heavy atom. The number of alkyl halides is 5. The largest absolute Gasteiger partial charge is 0.477 e. The molecule has 0 bridgehead atoms. The average Bonchev–Trinajstić information content (AvgIpc) is 2.16. The zero-order valence-corrected chi connectivity index (χ0v) is 7.42. The van der Waals surface area contributed by atoms with Gasteiger partial charge in [-0.1, -0.05) is 0 Å². The number of hydrogen-bond donors (Lipinski definition) is 1. The van der Waals surface area contributed by atoms with Crippen LogP contribution >= 0.6 is 0 Å². The van der Waals surface area contributed by atoms with E-state index in [2.05, 4.69) is 4.98 Å². The second-order valence-electron chi connectivity index (χ2n) is 2.78. The molecule has 0 aliphatic carbocycles. The average molecular weight is 241 g/mol. The molecule has 1 N–H and O–H groups in total. The molecule has 0 spiro atoms. The molecule has 0 aliphatic heterocycles. The van der Waals surface area contributed by atoms with E-state index in [-0.39, 0.29) is 0 Å². The van der Waals surface area contributed by atoms with Crippen molar-refractivity contribution in [3.05, 3.63) is 29.6 Å². The van der Waals surface area contributed by atoms with Crippen molar-refractivity contribution < 1.29 is 31.9 Å². The Morgan fingerprint density at radius 2 is 1.81 bits per heavy atom. The minimum absolute atomic E-state index is 0.379. The second kappa shape index (κ2) is 3.69. The van der Waals surface area contributed by atoms with Crippen LogP contribution in [0.1, 0.15) is 11.3 Å². The van der Waals surface area contributed by atoms with Crippen LogP contribution in [0.4, 0.5) is 22.0 Å². The molecule has 0 fully saturated rings. The van der Waals surface area contributed by atoms with E-state index in [9.17, 15) is 26.7 Å². The number of aromatic nitrogens is 1. The Hall–Kier alpha value is -1.73. The number of halogens is 5. The van der Waals surface area contributed by atoms with Crippen molar-refractivity contribution in [3.63, 3.8) is 0 Å². The summed E-state index contributed by atoms with van der Waals surface area (Å²) in [5, 5.41) is 8.14. The Labute approximate surface area is 85.5 Å². The number of aliphatic carboxylic acids is 1. The van der Waals surface area contributed by atoms with Gasteiger partial charge in [0.2, 0.25) is 0 Å². The number of carboxylic acids is 1. The van der Waals surface area contributed by atoms with Crippen LogP contribution in [0.15, 0.2) is 18.3 Å². The molecule has 1 heterocycles. The number of rotatable bonds is 2. The van der Waals surface area contributed by atoms with Crippen LogP contribution in [0, 0.1) is 0 Å². The van der Waals surface area contributed by atoms with Crippen molar-refractivity contribution >= 4 is 5.97 Å². The van der Waals surface area contributed by atoms with E-state index < -0.39 is 29.3 Å². The normalized spacial score (nSPS) is 12.6. The van der Waals surface area contributed by atoms with Gasteiger partial charge in [0.05, 0.1) is 5.56 Å². The SMILES string of the molecule is O=C(O)C(F)(F)c1cccnc1C(F)(F)F. The lowest BCUT2D eigenvalue weighted by atomic mass is 10.1. The fraction of sp³-hybridized carbons (Fsp3) is 0.250. The van der Waals surface area contributed by atoms with E-state index in [1.165, 1.54) is 0 Å². The Morgan fingerprint density at radius 1 is 1.25 bits per heavy atom. The molecule has 8 heteroatoms. The van der Waals surface area contributed by atoms with Gasteiger partial charge in [0.15, 0.2) is 5.69 Å². The lowest BCUT2D eigenvalue weighted by Crippen LogP contribution is -2.29. The van der Waals surface area contributed by atoms with Gasteiger partial charge in [-0.05, 0) is 12.1 Å². The summed E-state index contributed by atoms with van der Waals surface area (Å²) >= 11 is 0. The third-order valence-corrected chi connectivity index (χ3v) is 1.68. The lowest BCUT2D eigenvalue weighted by molar-refractivity contribution is -0.169. The molecule has 0 unspecified atom stereocenters. The zero-order chi connectivity index (χ0) is 12.6. The molecular weight excluding hydrogens is 237 g/mol. The van der Waals surface area contributed by atoms with Crippen LogP contribution < -0.4 is 0 Å². The maximum Gasteiger partial charge on any atom is 0.433 e. The molecule has 0 aromatic carbocycles. The van der Waals surface area contributed by atoms with Crippen LogP contribution in [-0.2, 0) is 16.9 Å². The predicted molar refractivity (Wildman–Crippen MR) is 40.8 cm³/mol. The standard InChI is InChI=1S/C8H4F5NO2/c9-7(10,6(15)16)4-2-1-3-14-5(4)8(11,12)13/h1-3H,(H,15,16). The number of pyridine rings is 1. The van der Waals surface area contributed by atoms with Crippen molar-refractivity contribution in [1.82, 2.24) is 4.98 Å². The van der Waals surface area contributed by atoms with Gasteiger partial charge in [-0.25, -0.2) is 4.79 Å². The number of carbonyl (C=O) groups is 1. The van der Waals surface area contributed by atoms with Gasteiger partial charge < -0.3 is 5.11 Å². The van der Waals surface area contributed by atoms with Crippen LogP contribution in [0.5, 0.6) is 0 Å². The first-order chi connectivity index (χ1) is 7.17. The molecule has 1 aromatic rings. The molecule has 88 valence electrons. The first-order valence-electron chi connectivity index (χ1n) is 3.81. The van der Waals surface area contributed by atoms with Crippen LogP contribution in [0.2, 0.25) is 0 Å². The molecule has 0 saturated heterocycles. The van der Waals surface area contributed by atoms with E-state index in [0.717, 1.165) is 6.07 Å². The highest BCUT2D eigenvalue weighted by atomic mass is 19.4. The van der Waals surface area contributed by atoms with E-state index >= 15 is 0 Å². The van der Waals surface area contributed by atoms with Crippen molar-refractivity contribution in [2.24, 2.45) is 0 Å². The van der Waals surface area contributed by atoms with Gasteiger partial charge in [0.25, 0.3) is 0 Å². The van der Waals surface area contributed by atoms with E-state index in [1.807, 2.05) is 0 Å². The van der Waals surface area contributed by atoms with Gasteiger partial charge in [-0.3, -0.25) is 4.98 Å². The fourth-order valence-corrected chi connectivity index (χ4v) is 1.000. The second-order valence-corrected chi connectivity index (χ2v) is 2.78. The Bertz CT molecular complexity index is 415. The van der Waals surface area contributed by atoms with Crippen molar-refractivity contribution in [3.8, 4) is 0 Å².